The topological polar surface area (TPSA) is 81.1 Å². The SMILES string of the molecule is COc1ccc2c(c1)ncn2-c1ccc(NC(=O)Nc2cncc(C(C)(C)C)c2)cc1. The summed E-state index contributed by atoms with van der Waals surface area (Å²) in [5, 5.41) is 5.69. The summed E-state index contributed by atoms with van der Waals surface area (Å²) in [5.74, 6) is 0.770. The van der Waals surface area contributed by atoms with E-state index in [2.05, 4.69) is 41.4 Å². The summed E-state index contributed by atoms with van der Waals surface area (Å²) in [4.78, 5) is 21.1. The molecule has 0 unspecified atom stereocenters. The van der Waals surface area contributed by atoms with Gasteiger partial charge in [-0.05, 0) is 53.4 Å². The molecule has 0 aliphatic carbocycles. The maximum absolute atomic E-state index is 12.4. The minimum absolute atomic E-state index is 0.0420. The lowest BCUT2D eigenvalue weighted by Crippen LogP contribution is -2.20. The number of benzene rings is 2. The average molecular weight is 415 g/mol. The summed E-state index contributed by atoms with van der Waals surface area (Å²) in [5.41, 5.74) is 5.13. The second-order valence-electron chi connectivity index (χ2n) is 8.31. The zero-order valence-electron chi connectivity index (χ0n) is 18.0. The largest absolute Gasteiger partial charge is 0.497 e. The smallest absolute Gasteiger partial charge is 0.323 e. The van der Waals surface area contributed by atoms with Crippen molar-refractivity contribution in [1.82, 2.24) is 14.5 Å². The molecule has 7 nitrogen and oxygen atoms in total. The maximum Gasteiger partial charge on any atom is 0.323 e. The molecule has 4 rings (SSSR count). The third-order valence-electron chi connectivity index (χ3n) is 5.02. The number of hydrogen-bond acceptors (Lipinski definition) is 4. The molecule has 0 atom stereocenters. The van der Waals surface area contributed by atoms with Gasteiger partial charge >= 0.3 is 6.03 Å². The zero-order chi connectivity index (χ0) is 22.0. The highest BCUT2D eigenvalue weighted by atomic mass is 16.5. The van der Waals surface area contributed by atoms with Gasteiger partial charge in [0.2, 0.25) is 0 Å². The van der Waals surface area contributed by atoms with E-state index in [0.717, 1.165) is 28.0 Å². The van der Waals surface area contributed by atoms with Gasteiger partial charge in [-0.3, -0.25) is 9.55 Å². The number of fused-ring (bicyclic) bond motifs is 1. The highest BCUT2D eigenvalue weighted by Gasteiger charge is 2.15. The fraction of sp³-hybridized carbons (Fsp3) is 0.208. The van der Waals surface area contributed by atoms with Crippen molar-refractivity contribution in [1.29, 1.82) is 0 Å². The molecule has 2 N–H and O–H groups in total. The molecule has 0 aliphatic rings. The molecule has 2 heterocycles. The van der Waals surface area contributed by atoms with Crippen LogP contribution in [-0.4, -0.2) is 27.7 Å². The van der Waals surface area contributed by atoms with Crippen LogP contribution in [0.4, 0.5) is 16.2 Å². The van der Waals surface area contributed by atoms with Gasteiger partial charge in [0.1, 0.15) is 12.1 Å². The molecule has 0 saturated heterocycles. The predicted molar refractivity (Wildman–Crippen MR) is 123 cm³/mol. The highest BCUT2D eigenvalue weighted by molar-refractivity contribution is 5.99. The van der Waals surface area contributed by atoms with Crippen LogP contribution in [-0.2, 0) is 5.41 Å². The number of imidazole rings is 1. The number of nitrogens with zero attached hydrogens (tertiary/aromatic N) is 3. The number of hydrogen-bond donors (Lipinski definition) is 2. The Hall–Kier alpha value is -3.87. The molecular weight excluding hydrogens is 390 g/mol. The van der Waals surface area contributed by atoms with Crippen LogP contribution in [0.3, 0.4) is 0 Å². The molecule has 158 valence electrons. The molecule has 0 radical (unpaired) electrons. The molecule has 7 heteroatoms. The number of ether oxygens (including phenoxy) is 1. The first-order chi connectivity index (χ1) is 14.8. The van der Waals surface area contributed by atoms with Crippen LogP contribution in [0.2, 0.25) is 0 Å². The van der Waals surface area contributed by atoms with E-state index >= 15 is 0 Å². The number of aromatic nitrogens is 3. The van der Waals surface area contributed by atoms with Crippen LogP contribution >= 0.6 is 0 Å². The molecule has 0 aliphatic heterocycles. The third kappa shape index (κ3) is 4.50. The van der Waals surface area contributed by atoms with E-state index in [1.54, 1.807) is 19.6 Å². The number of nitrogens with one attached hydrogen (secondary N) is 2. The van der Waals surface area contributed by atoms with E-state index in [1.165, 1.54) is 0 Å². The number of carbonyl (C=O) groups excluding carboxylic acids is 1. The minimum atomic E-state index is -0.319. The Labute approximate surface area is 181 Å². The lowest BCUT2D eigenvalue weighted by molar-refractivity contribution is 0.262. The first kappa shape index (κ1) is 20.4. The Bertz CT molecular complexity index is 1220. The van der Waals surface area contributed by atoms with Crippen LogP contribution in [0.1, 0.15) is 26.3 Å². The van der Waals surface area contributed by atoms with E-state index in [1.807, 2.05) is 59.3 Å². The number of anilines is 2. The number of pyridine rings is 1. The highest BCUT2D eigenvalue weighted by Crippen LogP contribution is 2.25. The third-order valence-corrected chi connectivity index (χ3v) is 5.02. The van der Waals surface area contributed by atoms with E-state index in [9.17, 15) is 4.79 Å². The van der Waals surface area contributed by atoms with Crippen molar-refractivity contribution in [2.75, 3.05) is 17.7 Å². The van der Waals surface area contributed by atoms with Gasteiger partial charge in [0.15, 0.2) is 0 Å². The van der Waals surface area contributed by atoms with E-state index in [4.69, 9.17) is 4.74 Å². The predicted octanol–water partition coefficient (Wildman–Crippen LogP) is 5.37. The van der Waals surface area contributed by atoms with Gasteiger partial charge in [0.05, 0.1) is 30.0 Å². The van der Waals surface area contributed by atoms with Gasteiger partial charge in [0, 0.05) is 23.6 Å². The summed E-state index contributed by atoms with van der Waals surface area (Å²) in [6.07, 6.45) is 5.23. The lowest BCUT2D eigenvalue weighted by atomic mass is 9.88. The monoisotopic (exact) mass is 415 g/mol. The maximum atomic E-state index is 12.4. The van der Waals surface area contributed by atoms with Gasteiger partial charge in [-0.1, -0.05) is 20.8 Å². The Morgan fingerprint density at radius 1 is 0.968 bits per heavy atom. The molecule has 0 saturated carbocycles. The van der Waals surface area contributed by atoms with E-state index in [0.29, 0.717) is 11.4 Å². The van der Waals surface area contributed by atoms with Crippen molar-refractivity contribution in [2.24, 2.45) is 0 Å². The van der Waals surface area contributed by atoms with Crippen molar-refractivity contribution in [3.63, 3.8) is 0 Å². The van der Waals surface area contributed by atoms with Gasteiger partial charge in [0.25, 0.3) is 0 Å². The van der Waals surface area contributed by atoms with Crippen molar-refractivity contribution in [3.05, 3.63) is 72.8 Å². The van der Waals surface area contributed by atoms with Crippen LogP contribution < -0.4 is 15.4 Å². The molecule has 2 aromatic carbocycles. The van der Waals surface area contributed by atoms with Crippen molar-refractivity contribution < 1.29 is 9.53 Å². The lowest BCUT2D eigenvalue weighted by Gasteiger charge is -2.19. The summed E-state index contributed by atoms with van der Waals surface area (Å²) >= 11 is 0. The molecule has 0 fully saturated rings. The Morgan fingerprint density at radius 2 is 1.71 bits per heavy atom. The quantitative estimate of drug-likeness (QED) is 0.469. The fourth-order valence-electron chi connectivity index (χ4n) is 3.24. The second kappa shape index (κ2) is 8.10. The molecule has 2 amide bonds. The fourth-order valence-corrected chi connectivity index (χ4v) is 3.24. The Morgan fingerprint density at radius 3 is 2.42 bits per heavy atom. The number of urea groups is 1. The van der Waals surface area contributed by atoms with Crippen LogP contribution in [0.5, 0.6) is 5.75 Å². The summed E-state index contributed by atoms with van der Waals surface area (Å²) < 4.78 is 7.24. The molecular formula is C24H25N5O2. The Balaban J connectivity index is 1.46. The molecule has 31 heavy (non-hydrogen) atoms. The number of carbonyl (C=O) groups is 1. The average Bonchev–Trinajstić information content (AvgIpc) is 3.17. The second-order valence-corrected chi connectivity index (χ2v) is 8.31. The van der Waals surface area contributed by atoms with Crippen LogP contribution in [0.15, 0.2) is 67.3 Å². The molecule has 2 aromatic heterocycles. The zero-order valence-corrected chi connectivity index (χ0v) is 18.0. The molecule has 4 aromatic rings. The first-order valence-corrected chi connectivity index (χ1v) is 9.98. The number of rotatable bonds is 4. The van der Waals surface area contributed by atoms with Gasteiger partial charge in [-0.15, -0.1) is 0 Å². The molecule has 0 bridgehead atoms. The van der Waals surface area contributed by atoms with Gasteiger partial charge < -0.3 is 15.4 Å². The normalized spacial score (nSPS) is 11.4. The van der Waals surface area contributed by atoms with Crippen molar-refractivity contribution >= 4 is 28.4 Å². The van der Waals surface area contributed by atoms with Gasteiger partial charge in [-0.2, -0.15) is 0 Å². The summed E-state index contributed by atoms with van der Waals surface area (Å²) in [6.45, 7) is 6.32. The van der Waals surface area contributed by atoms with Gasteiger partial charge in [-0.25, -0.2) is 9.78 Å². The standard InChI is InChI=1S/C24H25N5O2/c1-24(2,3)16-11-18(14-25-13-16)28-23(30)27-17-5-7-19(8-6-17)29-15-26-21-12-20(31-4)9-10-22(21)29/h5-15H,1-4H3,(H2,27,28,30). The first-order valence-electron chi connectivity index (χ1n) is 9.98. The van der Waals surface area contributed by atoms with Crippen molar-refractivity contribution in [3.8, 4) is 11.4 Å². The van der Waals surface area contributed by atoms with Crippen LogP contribution in [0, 0.1) is 0 Å². The number of methoxy groups -OCH3 is 1. The summed E-state index contributed by atoms with van der Waals surface area (Å²) in [6, 6.07) is 15.0. The minimum Gasteiger partial charge on any atom is -0.497 e. The molecule has 0 spiro atoms. The van der Waals surface area contributed by atoms with E-state index < -0.39 is 0 Å². The summed E-state index contributed by atoms with van der Waals surface area (Å²) in [7, 11) is 1.64. The van der Waals surface area contributed by atoms with E-state index in [-0.39, 0.29) is 11.4 Å². The number of amides is 2. The Kier molecular flexibility index (Phi) is 5.33. The van der Waals surface area contributed by atoms with Crippen LogP contribution in [0.25, 0.3) is 16.7 Å². The van der Waals surface area contributed by atoms with Crippen molar-refractivity contribution in [2.45, 2.75) is 26.2 Å².